The predicted molar refractivity (Wildman–Crippen MR) is 129 cm³/mol. The number of rotatable bonds is 7. The average Bonchev–Trinajstić information content (AvgIpc) is 3.11. The van der Waals surface area contributed by atoms with Crippen molar-refractivity contribution in [2.24, 2.45) is 46.3 Å². The van der Waals surface area contributed by atoms with Gasteiger partial charge in [0, 0.05) is 13.0 Å². The first-order valence-corrected chi connectivity index (χ1v) is 13.8. The van der Waals surface area contributed by atoms with E-state index in [0.29, 0.717) is 52.8 Å². The van der Waals surface area contributed by atoms with Crippen molar-refractivity contribution in [2.75, 3.05) is 6.54 Å². The normalized spacial score (nSPS) is 46.6. The molecule has 10 atom stereocenters. The van der Waals surface area contributed by atoms with Gasteiger partial charge >= 0.3 is 0 Å². The van der Waals surface area contributed by atoms with Gasteiger partial charge in [0.15, 0.2) is 0 Å². The van der Waals surface area contributed by atoms with Crippen LogP contribution in [0.2, 0.25) is 0 Å². The van der Waals surface area contributed by atoms with Gasteiger partial charge in [-0.3, -0.25) is 4.79 Å². The van der Waals surface area contributed by atoms with Crippen LogP contribution in [0.25, 0.3) is 0 Å². The first-order chi connectivity index (χ1) is 15.2. The molecule has 1 amide bonds. The van der Waals surface area contributed by atoms with Crippen molar-refractivity contribution < 1.29 is 15.0 Å². The number of hydrogen-bond donors (Lipinski definition) is 3. The Labute approximate surface area is 196 Å². The van der Waals surface area contributed by atoms with Crippen molar-refractivity contribution in [1.82, 2.24) is 5.32 Å². The standard InChI is InChI=1S/C28H49NO3/c1-5-6-15-29-25(32)10-7-18(2)21-8-9-22-26-23(12-14-28(21,22)4)27(3)13-11-20(30)16-19(27)17-24(26)31/h18-24,26,30-31H,5-17H2,1-4H3,(H,29,32)/t18-,19+,20-,21?,22+,23+,24-,26+,27+,28-/m1/s1. The van der Waals surface area contributed by atoms with E-state index in [0.717, 1.165) is 51.5 Å². The maximum atomic E-state index is 12.3. The number of aliphatic hydroxyl groups is 2. The zero-order valence-electron chi connectivity index (χ0n) is 21.1. The van der Waals surface area contributed by atoms with Gasteiger partial charge in [0.1, 0.15) is 0 Å². The quantitative estimate of drug-likeness (QED) is 0.463. The van der Waals surface area contributed by atoms with E-state index in [-0.39, 0.29) is 18.1 Å². The van der Waals surface area contributed by atoms with Gasteiger partial charge in [0.2, 0.25) is 5.91 Å². The molecule has 0 aliphatic heterocycles. The summed E-state index contributed by atoms with van der Waals surface area (Å²) in [6, 6.07) is 0. The fourth-order valence-corrected chi connectivity index (χ4v) is 9.23. The fraction of sp³-hybridized carbons (Fsp3) is 0.964. The molecule has 0 radical (unpaired) electrons. The number of fused-ring (bicyclic) bond motifs is 5. The third-order valence-electron chi connectivity index (χ3n) is 11.1. The van der Waals surface area contributed by atoms with E-state index in [4.69, 9.17) is 0 Å². The molecule has 4 heteroatoms. The van der Waals surface area contributed by atoms with E-state index in [9.17, 15) is 15.0 Å². The highest BCUT2D eigenvalue weighted by molar-refractivity contribution is 5.75. The van der Waals surface area contributed by atoms with Gasteiger partial charge in [-0.15, -0.1) is 0 Å². The van der Waals surface area contributed by atoms with Crippen LogP contribution < -0.4 is 5.32 Å². The Hall–Kier alpha value is -0.610. The van der Waals surface area contributed by atoms with Crippen LogP contribution in [0.1, 0.15) is 105 Å². The molecule has 0 aromatic heterocycles. The van der Waals surface area contributed by atoms with E-state index in [2.05, 4.69) is 33.0 Å². The smallest absolute Gasteiger partial charge is 0.220 e. The minimum absolute atomic E-state index is 0.165. The molecule has 4 saturated carbocycles. The molecule has 0 bridgehead atoms. The second-order valence-electron chi connectivity index (χ2n) is 12.7. The largest absolute Gasteiger partial charge is 0.393 e. The molecule has 0 spiro atoms. The number of unbranched alkanes of at least 4 members (excludes halogenated alkanes) is 1. The molecule has 4 aliphatic rings. The highest BCUT2D eigenvalue weighted by Crippen LogP contribution is 2.68. The van der Waals surface area contributed by atoms with E-state index in [1.165, 1.54) is 25.7 Å². The highest BCUT2D eigenvalue weighted by Gasteiger charge is 2.62. The minimum atomic E-state index is -0.202. The fourth-order valence-electron chi connectivity index (χ4n) is 9.23. The molecule has 184 valence electrons. The van der Waals surface area contributed by atoms with Gasteiger partial charge in [0.25, 0.3) is 0 Å². The highest BCUT2D eigenvalue weighted by atomic mass is 16.3. The number of amides is 1. The number of carbonyl (C=O) groups excluding carboxylic acids is 1. The van der Waals surface area contributed by atoms with Gasteiger partial charge in [-0.05, 0) is 111 Å². The minimum Gasteiger partial charge on any atom is -0.393 e. The molecule has 32 heavy (non-hydrogen) atoms. The van der Waals surface area contributed by atoms with Crippen LogP contribution in [-0.2, 0) is 4.79 Å². The van der Waals surface area contributed by atoms with E-state index < -0.39 is 0 Å². The van der Waals surface area contributed by atoms with E-state index in [1.54, 1.807) is 0 Å². The Balaban J connectivity index is 1.42. The summed E-state index contributed by atoms with van der Waals surface area (Å²) in [5.74, 6) is 3.59. The Bertz CT molecular complexity index is 667. The third-order valence-corrected chi connectivity index (χ3v) is 11.1. The lowest BCUT2D eigenvalue weighted by Gasteiger charge is -2.62. The first-order valence-electron chi connectivity index (χ1n) is 13.8. The summed E-state index contributed by atoms with van der Waals surface area (Å²) < 4.78 is 0. The van der Waals surface area contributed by atoms with Crippen LogP contribution in [0.15, 0.2) is 0 Å². The Morgan fingerprint density at radius 1 is 1.03 bits per heavy atom. The van der Waals surface area contributed by atoms with E-state index in [1.807, 2.05) is 0 Å². The number of carbonyl (C=O) groups is 1. The molecular weight excluding hydrogens is 398 g/mol. The molecule has 4 aliphatic carbocycles. The Kier molecular flexibility index (Phi) is 7.33. The zero-order valence-corrected chi connectivity index (χ0v) is 21.1. The molecule has 0 aromatic rings. The van der Waals surface area contributed by atoms with Crippen LogP contribution in [0.5, 0.6) is 0 Å². The second kappa shape index (κ2) is 9.56. The van der Waals surface area contributed by atoms with Crippen LogP contribution in [0, 0.1) is 46.3 Å². The summed E-state index contributed by atoms with van der Waals surface area (Å²) in [5, 5.41) is 24.7. The molecule has 4 rings (SSSR count). The second-order valence-corrected chi connectivity index (χ2v) is 12.7. The number of nitrogens with one attached hydrogen (secondary N) is 1. The molecule has 0 heterocycles. The molecular formula is C28H49NO3. The van der Waals surface area contributed by atoms with Gasteiger partial charge in [-0.1, -0.05) is 34.1 Å². The SMILES string of the molecule is CCCCNC(=O)CC[C@@H](C)C1CC[C@H]2[C@@H]3[C@H](O)C[C@@H]4C[C@H](O)CC[C@]4(C)[C@H]3CC[C@]12C. The lowest BCUT2D eigenvalue weighted by Crippen LogP contribution is -2.58. The summed E-state index contributed by atoms with van der Waals surface area (Å²) in [6.45, 7) is 10.4. The lowest BCUT2D eigenvalue weighted by molar-refractivity contribution is -0.174. The maximum absolute atomic E-state index is 12.3. The van der Waals surface area contributed by atoms with Crippen LogP contribution >= 0.6 is 0 Å². The summed E-state index contributed by atoms with van der Waals surface area (Å²) in [7, 11) is 0. The summed E-state index contributed by atoms with van der Waals surface area (Å²) >= 11 is 0. The van der Waals surface area contributed by atoms with Crippen molar-refractivity contribution >= 4 is 5.91 Å². The summed E-state index contributed by atoms with van der Waals surface area (Å²) in [5.41, 5.74) is 0.600. The van der Waals surface area contributed by atoms with Crippen LogP contribution in [0.4, 0.5) is 0 Å². The van der Waals surface area contributed by atoms with Gasteiger partial charge in [0.05, 0.1) is 12.2 Å². The predicted octanol–water partition coefficient (Wildman–Crippen LogP) is 5.31. The van der Waals surface area contributed by atoms with Crippen molar-refractivity contribution in [3.8, 4) is 0 Å². The molecule has 3 N–H and O–H groups in total. The molecule has 4 nitrogen and oxygen atoms in total. The Morgan fingerprint density at radius 3 is 2.50 bits per heavy atom. The van der Waals surface area contributed by atoms with Crippen molar-refractivity contribution in [3.05, 3.63) is 0 Å². The average molecular weight is 448 g/mol. The van der Waals surface area contributed by atoms with Gasteiger partial charge in [-0.2, -0.15) is 0 Å². The Morgan fingerprint density at radius 2 is 1.75 bits per heavy atom. The molecule has 0 saturated heterocycles. The molecule has 1 unspecified atom stereocenters. The molecule has 0 aromatic carbocycles. The van der Waals surface area contributed by atoms with Crippen LogP contribution in [-0.4, -0.2) is 34.9 Å². The summed E-state index contributed by atoms with van der Waals surface area (Å²) in [4.78, 5) is 12.3. The first kappa shape index (κ1) is 24.5. The summed E-state index contributed by atoms with van der Waals surface area (Å²) in [6.07, 6.45) is 12.3. The van der Waals surface area contributed by atoms with E-state index >= 15 is 0 Å². The van der Waals surface area contributed by atoms with Gasteiger partial charge < -0.3 is 15.5 Å². The van der Waals surface area contributed by atoms with Crippen LogP contribution in [0.3, 0.4) is 0 Å². The number of hydrogen-bond acceptors (Lipinski definition) is 3. The number of aliphatic hydroxyl groups excluding tert-OH is 2. The van der Waals surface area contributed by atoms with Crippen molar-refractivity contribution in [2.45, 2.75) is 117 Å². The lowest BCUT2D eigenvalue weighted by atomic mass is 9.43. The molecule has 4 fully saturated rings. The monoisotopic (exact) mass is 447 g/mol. The van der Waals surface area contributed by atoms with Gasteiger partial charge in [-0.25, -0.2) is 0 Å². The van der Waals surface area contributed by atoms with Crippen molar-refractivity contribution in [3.63, 3.8) is 0 Å². The van der Waals surface area contributed by atoms with Crippen molar-refractivity contribution in [1.29, 1.82) is 0 Å². The zero-order chi connectivity index (χ0) is 23.1. The topological polar surface area (TPSA) is 69.6 Å². The maximum Gasteiger partial charge on any atom is 0.220 e. The third kappa shape index (κ3) is 4.28.